The number of nitrogens with zero attached hydrogens (tertiary/aromatic N) is 4. The van der Waals surface area contributed by atoms with Gasteiger partial charge in [-0.15, -0.1) is 0 Å². The summed E-state index contributed by atoms with van der Waals surface area (Å²) in [5.41, 5.74) is -0.632. The van der Waals surface area contributed by atoms with E-state index in [9.17, 15) is 18.0 Å². The zero-order valence-electron chi connectivity index (χ0n) is 10.9. The SMILES string of the molecule is CC.Cc1nc(C(F)(F)F)nc2cnn(C)c(=O)c12. The number of halogens is 3. The lowest BCUT2D eigenvalue weighted by molar-refractivity contribution is -0.144. The van der Waals surface area contributed by atoms with Gasteiger partial charge in [0.2, 0.25) is 5.82 Å². The van der Waals surface area contributed by atoms with Crippen LogP contribution in [0.25, 0.3) is 10.9 Å². The number of rotatable bonds is 0. The van der Waals surface area contributed by atoms with Crippen molar-refractivity contribution < 1.29 is 13.2 Å². The van der Waals surface area contributed by atoms with E-state index in [1.165, 1.54) is 14.0 Å². The molecule has 0 amide bonds. The molecular weight excluding hydrogens is 261 g/mol. The highest BCUT2D eigenvalue weighted by atomic mass is 19.4. The van der Waals surface area contributed by atoms with Gasteiger partial charge in [0.25, 0.3) is 5.56 Å². The van der Waals surface area contributed by atoms with E-state index in [-0.39, 0.29) is 16.6 Å². The van der Waals surface area contributed by atoms with Crippen LogP contribution in [0.2, 0.25) is 0 Å². The third kappa shape index (κ3) is 2.88. The normalized spacial score (nSPS) is 11.1. The summed E-state index contributed by atoms with van der Waals surface area (Å²) in [6.07, 6.45) is -3.53. The van der Waals surface area contributed by atoms with E-state index in [1.807, 2.05) is 13.8 Å². The highest BCUT2D eigenvalue weighted by molar-refractivity contribution is 5.78. The first-order valence-electron chi connectivity index (χ1n) is 5.58. The summed E-state index contributed by atoms with van der Waals surface area (Å²) in [5, 5.41) is 3.67. The maximum atomic E-state index is 12.4. The molecule has 2 rings (SSSR count). The van der Waals surface area contributed by atoms with Crippen LogP contribution >= 0.6 is 0 Å². The number of hydrogen-bond donors (Lipinski definition) is 0. The zero-order valence-corrected chi connectivity index (χ0v) is 10.9. The first-order valence-corrected chi connectivity index (χ1v) is 5.58. The van der Waals surface area contributed by atoms with Gasteiger partial charge >= 0.3 is 6.18 Å². The Hall–Kier alpha value is -1.99. The fourth-order valence-corrected chi connectivity index (χ4v) is 1.44. The fourth-order valence-electron chi connectivity index (χ4n) is 1.44. The molecule has 0 unspecified atom stereocenters. The van der Waals surface area contributed by atoms with Crippen LogP contribution < -0.4 is 5.56 Å². The molecule has 0 N–H and O–H groups in total. The third-order valence-corrected chi connectivity index (χ3v) is 2.23. The number of alkyl halides is 3. The van der Waals surface area contributed by atoms with Crippen molar-refractivity contribution in [2.45, 2.75) is 26.9 Å². The lowest BCUT2D eigenvalue weighted by atomic mass is 10.2. The van der Waals surface area contributed by atoms with E-state index in [0.717, 1.165) is 10.9 Å². The molecule has 0 spiro atoms. The van der Waals surface area contributed by atoms with Crippen molar-refractivity contribution >= 4 is 10.9 Å². The van der Waals surface area contributed by atoms with E-state index in [1.54, 1.807) is 0 Å². The molecule has 0 fully saturated rings. The highest BCUT2D eigenvalue weighted by Gasteiger charge is 2.35. The van der Waals surface area contributed by atoms with Gasteiger partial charge in [-0.3, -0.25) is 4.79 Å². The van der Waals surface area contributed by atoms with Crippen LogP contribution in [0.1, 0.15) is 25.4 Å². The van der Waals surface area contributed by atoms with Gasteiger partial charge in [-0.25, -0.2) is 14.6 Å². The molecule has 0 bridgehead atoms. The largest absolute Gasteiger partial charge is 0.451 e. The minimum Gasteiger partial charge on any atom is -0.267 e. The minimum atomic E-state index is -4.64. The molecule has 0 saturated carbocycles. The van der Waals surface area contributed by atoms with E-state index < -0.39 is 17.6 Å². The Labute approximate surface area is 107 Å². The van der Waals surface area contributed by atoms with E-state index >= 15 is 0 Å². The summed E-state index contributed by atoms with van der Waals surface area (Å²) in [6, 6.07) is 0. The van der Waals surface area contributed by atoms with Crippen LogP contribution in [0.4, 0.5) is 13.2 Å². The topological polar surface area (TPSA) is 60.7 Å². The van der Waals surface area contributed by atoms with E-state index in [0.29, 0.717) is 0 Å². The average molecular weight is 274 g/mol. The summed E-state index contributed by atoms with van der Waals surface area (Å²) in [6.45, 7) is 5.33. The van der Waals surface area contributed by atoms with Crippen LogP contribution in [0, 0.1) is 6.92 Å². The third-order valence-electron chi connectivity index (χ3n) is 2.23. The van der Waals surface area contributed by atoms with Crippen LogP contribution in [0.3, 0.4) is 0 Å². The van der Waals surface area contributed by atoms with E-state index in [2.05, 4.69) is 15.1 Å². The van der Waals surface area contributed by atoms with Gasteiger partial charge in [0.05, 0.1) is 17.3 Å². The highest BCUT2D eigenvalue weighted by Crippen LogP contribution is 2.27. The number of hydrogen-bond acceptors (Lipinski definition) is 4. The lowest BCUT2D eigenvalue weighted by Gasteiger charge is -2.08. The maximum absolute atomic E-state index is 12.4. The molecule has 0 aliphatic heterocycles. The van der Waals surface area contributed by atoms with Crippen molar-refractivity contribution in [3.8, 4) is 0 Å². The van der Waals surface area contributed by atoms with Crippen LogP contribution in [-0.2, 0) is 13.2 Å². The second-order valence-corrected chi connectivity index (χ2v) is 3.46. The van der Waals surface area contributed by atoms with Crippen LogP contribution in [0.5, 0.6) is 0 Å². The van der Waals surface area contributed by atoms with Crippen molar-refractivity contribution in [2.75, 3.05) is 0 Å². The van der Waals surface area contributed by atoms with Crippen LogP contribution in [-0.4, -0.2) is 19.7 Å². The number of aromatic nitrogens is 4. The number of fused-ring (bicyclic) bond motifs is 1. The molecule has 2 heterocycles. The molecule has 104 valence electrons. The summed E-state index contributed by atoms with van der Waals surface area (Å²) in [5.74, 6) is -1.27. The molecule has 0 aliphatic rings. The minimum absolute atomic E-state index is 0.00896. The maximum Gasteiger partial charge on any atom is 0.451 e. The van der Waals surface area contributed by atoms with Gasteiger partial charge in [0, 0.05) is 7.05 Å². The summed E-state index contributed by atoms with van der Waals surface area (Å²) >= 11 is 0. The van der Waals surface area contributed by atoms with Gasteiger partial charge in [0.1, 0.15) is 5.52 Å². The molecule has 19 heavy (non-hydrogen) atoms. The molecule has 0 aliphatic carbocycles. The van der Waals surface area contributed by atoms with Gasteiger partial charge < -0.3 is 0 Å². The first kappa shape index (κ1) is 15.1. The molecule has 8 heteroatoms. The van der Waals surface area contributed by atoms with Crippen molar-refractivity contribution in [3.63, 3.8) is 0 Å². The summed E-state index contributed by atoms with van der Waals surface area (Å²) in [4.78, 5) is 18.2. The monoisotopic (exact) mass is 274 g/mol. The Balaban J connectivity index is 0.000000861. The Morgan fingerprint density at radius 2 is 1.79 bits per heavy atom. The van der Waals surface area contributed by atoms with Gasteiger partial charge in [0.15, 0.2) is 0 Å². The Morgan fingerprint density at radius 3 is 2.32 bits per heavy atom. The van der Waals surface area contributed by atoms with E-state index in [4.69, 9.17) is 0 Å². The van der Waals surface area contributed by atoms with Crippen LogP contribution in [0.15, 0.2) is 11.0 Å². The molecule has 5 nitrogen and oxygen atoms in total. The first-order chi connectivity index (χ1) is 8.80. The molecule has 0 atom stereocenters. The summed E-state index contributed by atoms with van der Waals surface area (Å²) in [7, 11) is 1.40. The molecule has 2 aromatic heterocycles. The van der Waals surface area contributed by atoms with Crippen molar-refractivity contribution in [1.29, 1.82) is 0 Å². The van der Waals surface area contributed by atoms with Crippen molar-refractivity contribution in [1.82, 2.24) is 19.7 Å². The molecule has 2 aromatic rings. The molecule has 0 aromatic carbocycles. The Kier molecular flexibility index (Phi) is 4.23. The fraction of sp³-hybridized carbons (Fsp3) is 0.455. The Morgan fingerprint density at radius 1 is 1.21 bits per heavy atom. The molecule has 0 radical (unpaired) electrons. The molecule has 0 saturated heterocycles. The number of aryl methyl sites for hydroxylation is 2. The second-order valence-electron chi connectivity index (χ2n) is 3.46. The lowest BCUT2D eigenvalue weighted by Crippen LogP contribution is -2.22. The van der Waals surface area contributed by atoms with Crippen molar-refractivity contribution in [3.05, 3.63) is 28.1 Å². The zero-order chi connectivity index (χ0) is 14.8. The van der Waals surface area contributed by atoms with Gasteiger partial charge in [-0.1, -0.05) is 13.8 Å². The summed E-state index contributed by atoms with van der Waals surface area (Å²) < 4.78 is 38.4. The average Bonchev–Trinajstić information content (AvgIpc) is 2.35. The smallest absolute Gasteiger partial charge is 0.267 e. The standard InChI is InChI=1S/C9H7F3N4O.C2H6/c1-4-6-5(3-13-16(2)7(6)17)15-8(14-4)9(10,11)12;1-2/h3H,1-2H3;1-2H3. The predicted molar refractivity (Wildman–Crippen MR) is 63.7 cm³/mol. The van der Waals surface area contributed by atoms with Gasteiger partial charge in [-0.05, 0) is 6.92 Å². The predicted octanol–water partition coefficient (Wildman–Crippen LogP) is 2.08. The van der Waals surface area contributed by atoms with Gasteiger partial charge in [-0.2, -0.15) is 18.3 Å². The van der Waals surface area contributed by atoms with Crippen molar-refractivity contribution in [2.24, 2.45) is 7.05 Å². The Bertz CT molecular complexity index is 649. The second kappa shape index (κ2) is 5.33. The molecular formula is C11H13F3N4O. The quantitative estimate of drug-likeness (QED) is 0.738.